The third kappa shape index (κ3) is 10.6. The summed E-state index contributed by atoms with van der Waals surface area (Å²) in [6.07, 6.45) is 1.72. The van der Waals surface area contributed by atoms with Crippen LogP contribution in [0.4, 0.5) is 13.6 Å². The first-order valence-corrected chi connectivity index (χ1v) is 19.2. The van der Waals surface area contributed by atoms with Gasteiger partial charge in [0, 0.05) is 30.3 Å². The Hall–Kier alpha value is -5.66. The van der Waals surface area contributed by atoms with Crippen LogP contribution in [0.2, 0.25) is 0 Å². The predicted octanol–water partition coefficient (Wildman–Crippen LogP) is 7.39. The van der Waals surface area contributed by atoms with Gasteiger partial charge in [0.05, 0.1) is 31.3 Å². The van der Waals surface area contributed by atoms with Crippen LogP contribution < -0.4 is 10.6 Å². The summed E-state index contributed by atoms with van der Waals surface area (Å²) in [5.74, 6) is -2.61. The molecule has 0 saturated carbocycles. The fourth-order valence-electron chi connectivity index (χ4n) is 6.98. The van der Waals surface area contributed by atoms with Crippen molar-refractivity contribution in [1.82, 2.24) is 30.3 Å². The Kier molecular flexibility index (Phi) is 13.2. The maximum atomic E-state index is 16.0. The number of aryl methyl sites for hydroxylation is 3. The Morgan fingerprint density at radius 3 is 2.32 bits per heavy atom. The highest BCUT2D eigenvalue weighted by Gasteiger charge is 2.31. The number of fused-ring (bicyclic) bond motifs is 1. The number of aromatic nitrogens is 3. The minimum atomic E-state index is -1.17. The molecule has 0 aliphatic carbocycles. The van der Waals surface area contributed by atoms with Crippen LogP contribution >= 0.6 is 0 Å². The second kappa shape index (κ2) is 17.6. The third-order valence-corrected chi connectivity index (χ3v) is 9.48. The molecule has 0 fully saturated rings. The van der Waals surface area contributed by atoms with Gasteiger partial charge in [-0.1, -0.05) is 19.9 Å². The van der Waals surface area contributed by atoms with Crippen molar-refractivity contribution < 1.29 is 37.4 Å². The highest BCUT2D eigenvalue weighted by atomic mass is 19.1. The molecule has 0 radical (unpaired) electrons. The van der Waals surface area contributed by atoms with Gasteiger partial charge in [-0.25, -0.2) is 23.2 Å². The van der Waals surface area contributed by atoms with Crippen LogP contribution in [0.3, 0.4) is 0 Å². The van der Waals surface area contributed by atoms with E-state index >= 15 is 4.39 Å². The van der Waals surface area contributed by atoms with Crippen molar-refractivity contribution in [3.8, 4) is 16.9 Å². The van der Waals surface area contributed by atoms with Crippen LogP contribution in [0.25, 0.3) is 16.9 Å². The minimum absolute atomic E-state index is 0.0281. The molecule has 57 heavy (non-hydrogen) atoms. The van der Waals surface area contributed by atoms with Crippen molar-refractivity contribution in [2.24, 2.45) is 5.92 Å². The van der Waals surface area contributed by atoms with Gasteiger partial charge in [0.2, 0.25) is 5.91 Å². The molecule has 3 heterocycles. The molecule has 2 atom stereocenters. The Labute approximate surface area is 332 Å². The highest BCUT2D eigenvalue weighted by Crippen LogP contribution is 2.34. The van der Waals surface area contributed by atoms with Crippen molar-refractivity contribution in [3.63, 3.8) is 0 Å². The number of hydrogen-bond acceptors (Lipinski definition) is 8. The number of benzene rings is 2. The van der Waals surface area contributed by atoms with Crippen LogP contribution in [0.1, 0.15) is 104 Å². The summed E-state index contributed by atoms with van der Waals surface area (Å²) >= 11 is 0. The van der Waals surface area contributed by atoms with Crippen LogP contribution in [-0.4, -0.2) is 68.3 Å². The maximum absolute atomic E-state index is 16.0. The number of rotatable bonds is 12. The molecule has 14 heteroatoms. The number of amides is 3. The summed E-state index contributed by atoms with van der Waals surface area (Å²) in [6.45, 7) is 16.8. The lowest BCUT2D eigenvalue weighted by Gasteiger charge is -2.29. The quantitative estimate of drug-likeness (QED) is 0.142. The zero-order valence-electron chi connectivity index (χ0n) is 34.1. The van der Waals surface area contributed by atoms with Gasteiger partial charge in [-0.2, -0.15) is 5.10 Å². The number of esters is 1. The maximum Gasteiger partial charge on any atom is 0.410 e. The lowest BCUT2D eigenvalue weighted by molar-refractivity contribution is -0.144. The molecule has 0 spiro atoms. The summed E-state index contributed by atoms with van der Waals surface area (Å²) in [7, 11) is 0. The van der Waals surface area contributed by atoms with Crippen molar-refractivity contribution in [2.75, 3.05) is 13.2 Å². The van der Waals surface area contributed by atoms with Gasteiger partial charge < -0.3 is 25.0 Å². The number of halogens is 2. The molecule has 0 saturated heterocycles. The second-order valence-electron chi connectivity index (χ2n) is 15.9. The zero-order chi connectivity index (χ0) is 41.8. The molecular weight excluding hydrogens is 735 g/mol. The van der Waals surface area contributed by atoms with E-state index in [1.54, 1.807) is 67.7 Å². The molecule has 2 aromatic heterocycles. The molecule has 2 N–H and O–H groups in total. The molecule has 1 aliphatic heterocycles. The molecule has 12 nitrogen and oxygen atoms in total. The van der Waals surface area contributed by atoms with E-state index in [0.29, 0.717) is 47.6 Å². The second-order valence-corrected chi connectivity index (χ2v) is 15.9. The molecule has 5 rings (SSSR count). The fourth-order valence-corrected chi connectivity index (χ4v) is 6.98. The van der Waals surface area contributed by atoms with Gasteiger partial charge in [0.15, 0.2) is 5.82 Å². The van der Waals surface area contributed by atoms with E-state index < -0.39 is 53.2 Å². The van der Waals surface area contributed by atoms with E-state index in [0.717, 1.165) is 11.3 Å². The first kappa shape index (κ1) is 42.5. The summed E-state index contributed by atoms with van der Waals surface area (Å²) < 4.78 is 42.5. The van der Waals surface area contributed by atoms with Gasteiger partial charge in [-0.3, -0.25) is 14.4 Å². The van der Waals surface area contributed by atoms with Crippen LogP contribution in [0.15, 0.2) is 48.7 Å². The van der Waals surface area contributed by atoms with E-state index in [-0.39, 0.29) is 42.2 Å². The van der Waals surface area contributed by atoms with E-state index in [1.807, 2.05) is 34.6 Å². The molecule has 3 amide bonds. The van der Waals surface area contributed by atoms with Gasteiger partial charge >= 0.3 is 12.1 Å². The van der Waals surface area contributed by atoms with Gasteiger partial charge in [-0.05, 0) is 125 Å². The summed E-state index contributed by atoms with van der Waals surface area (Å²) in [6, 6.07) is 8.61. The summed E-state index contributed by atoms with van der Waals surface area (Å²) in [5.41, 5.74) is 3.94. The van der Waals surface area contributed by atoms with Crippen molar-refractivity contribution in [2.45, 2.75) is 106 Å². The van der Waals surface area contributed by atoms with Crippen molar-refractivity contribution in [1.29, 1.82) is 0 Å². The largest absolute Gasteiger partial charge is 0.466 e. The van der Waals surface area contributed by atoms with E-state index in [2.05, 4.69) is 20.7 Å². The number of pyridine rings is 1. The van der Waals surface area contributed by atoms with E-state index in [4.69, 9.17) is 9.47 Å². The number of carbonyl (C=O) groups is 4. The van der Waals surface area contributed by atoms with Gasteiger partial charge in [0.1, 0.15) is 29.0 Å². The van der Waals surface area contributed by atoms with Gasteiger partial charge in [-0.15, -0.1) is 0 Å². The Balaban J connectivity index is 1.39. The fraction of sp³-hybridized carbons (Fsp3) is 0.442. The van der Waals surface area contributed by atoms with Crippen LogP contribution in [0.5, 0.6) is 0 Å². The number of hydrogen-bond donors (Lipinski definition) is 2. The molecular formula is C43H52F2N6O6. The lowest BCUT2D eigenvalue weighted by atomic mass is 9.90. The summed E-state index contributed by atoms with van der Waals surface area (Å²) in [4.78, 5) is 59.6. The molecule has 1 aliphatic rings. The minimum Gasteiger partial charge on any atom is -0.466 e. The molecule has 0 bridgehead atoms. The van der Waals surface area contributed by atoms with Crippen LogP contribution in [-0.2, 0) is 32.0 Å². The highest BCUT2D eigenvalue weighted by molar-refractivity contribution is 5.96. The molecule has 0 unspecified atom stereocenters. The van der Waals surface area contributed by atoms with Gasteiger partial charge in [0.25, 0.3) is 5.91 Å². The zero-order valence-corrected chi connectivity index (χ0v) is 34.1. The topological polar surface area (TPSA) is 145 Å². The Morgan fingerprint density at radius 1 is 0.965 bits per heavy atom. The number of carbonyl (C=O) groups excluding carboxylic acids is 4. The average molecular weight is 787 g/mol. The molecule has 2 aromatic carbocycles. The van der Waals surface area contributed by atoms with E-state index in [9.17, 15) is 23.6 Å². The average Bonchev–Trinajstić information content (AvgIpc) is 3.55. The number of nitrogens with zero attached hydrogens (tertiary/aromatic N) is 4. The first-order chi connectivity index (χ1) is 26.8. The Morgan fingerprint density at radius 2 is 1.67 bits per heavy atom. The number of nitrogens with one attached hydrogen (secondary N) is 2. The Bertz CT molecular complexity index is 2140. The number of ether oxygens (including phenoxy) is 2. The molecule has 4 aromatic rings. The van der Waals surface area contributed by atoms with Crippen LogP contribution in [0, 0.1) is 38.3 Å². The monoisotopic (exact) mass is 786 g/mol. The van der Waals surface area contributed by atoms with Crippen molar-refractivity contribution >= 4 is 23.9 Å². The smallest absolute Gasteiger partial charge is 0.410 e. The first-order valence-electron chi connectivity index (χ1n) is 19.2. The van der Waals surface area contributed by atoms with Crippen molar-refractivity contribution in [3.05, 3.63) is 99.5 Å². The summed E-state index contributed by atoms with van der Waals surface area (Å²) in [5, 5.41) is 10.3. The third-order valence-electron chi connectivity index (χ3n) is 9.48. The predicted molar refractivity (Wildman–Crippen MR) is 211 cm³/mol. The lowest BCUT2D eigenvalue weighted by Crippen LogP contribution is -2.48. The molecule has 304 valence electrons. The van der Waals surface area contributed by atoms with E-state index in [1.165, 1.54) is 18.2 Å². The SMILES string of the molecule is CCOC(=O)C[C@H](NC(=O)[C@H](CC(C)C)NC(=O)c1cccc(-n2cc3c(n2)CCN(C(=O)OC(C)(C)C)C3)n1)c1cc(-c2c(C)cc(F)cc2C)cc(C)c1F. The normalized spacial score (nSPS) is 13.8. The standard InChI is InChI=1S/C43H52F2N6O6/c1-10-56-37(52)21-34(31-20-28(17-27(6)39(31)45)38-25(4)18-30(44)19-26(38)5)47-41(54)35(16-24(2)3)48-40(53)33-12-11-13-36(46-33)51-23-29-22-50(15-14-32(29)49-51)42(55)57-43(7,8)9/h11-13,17-20,23-24,34-35H,10,14-16,21-22H2,1-9H3,(H,47,54)(H,48,53)/t34-,35-/m0/s1.